The Morgan fingerprint density at radius 2 is 2.00 bits per heavy atom. The van der Waals surface area contributed by atoms with Crippen molar-refractivity contribution < 1.29 is 9.59 Å². The van der Waals surface area contributed by atoms with Gasteiger partial charge < -0.3 is 9.80 Å². The Kier molecular flexibility index (Phi) is 4.20. The fraction of sp³-hybridized carbons (Fsp3) is 0.312. The molecule has 1 unspecified atom stereocenters. The van der Waals surface area contributed by atoms with Gasteiger partial charge in [0.25, 0.3) is 5.91 Å². The Hall–Kier alpha value is -2.21. The summed E-state index contributed by atoms with van der Waals surface area (Å²) in [6.07, 6.45) is 1.60. The number of amides is 2. The Bertz CT molecular complexity index is 657. The SMILES string of the molecule is CC(=O)N1CCN(C(=O)c2cncs2)C(c2ccccc2)C1. The molecule has 1 aromatic carbocycles. The molecule has 0 saturated carbocycles. The molecular weight excluding hydrogens is 298 g/mol. The lowest BCUT2D eigenvalue weighted by atomic mass is 10.0. The van der Waals surface area contributed by atoms with Crippen molar-refractivity contribution in [1.29, 1.82) is 0 Å². The predicted octanol–water partition coefficient (Wildman–Crippen LogP) is 2.19. The average Bonchev–Trinajstić information content (AvgIpc) is 3.09. The number of hydrogen-bond acceptors (Lipinski definition) is 4. The van der Waals surface area contributed by atoms with Gasteiger partial charge >= 0.3 is 0 Å². The van der Waals surface area contributed by atoms with E-state index in [0.717, 1.165) is 5.56 Å². The molecular formula is C16H17N3O2S. The van der Waals surface area contributed by atoms with E-state index in [1.54, 1.807) is 23.5 Å². The summed E-state index contributed by atoms with van der Waals surface area (Å²) in [6.45, 7) is 3.21. The topological polar surface area (TPSA) is 53.5 Å². The fourth-order valence-corrected chi connectivity index (χ4v) is 3.31. The molecule has 2 heterocycles. The zero-order chi connectivity index (χ0) is 15.5. The molecule has 0 bridgehead atoms. The molecule has 22 heavy (non-hydrogen) atoms. The second-order valence-corrected chi connectivity index (χ2v) is 6.14. The number of carbonyl (C=O) groups excluding carboxylic acids is 2. The van der Waals surface area contributed by atoms with E-state index in [1.165, 1.54) is 11.3 Å². The number of benzene rings is 1. The minimum atomic E-state index is -0.117. The van der Waals surface area contributed by atoms with E-state index in [4.69, 9.17) is 0 Å². The van der Waals surface area contributed by atoms with Crippen LogP contribution in [0.5, 0.6) is 0 Å². The molecule has 0 aliphatic carbocycles. The molecule has 1 fully saturated rings. The quantitative estimate of drug-likeness (QED) is 0.853. The van der Waals surface area contributed by atoms with Gasteiger partial charge in [-0.15, -0.1) is 11.3 Å². The van der Waals surface area contributed by atoms with Gasteiger partial charge in [-0.2, -0.15) is 0 Å². The summed E-state index contributed by atoms with van der Waals surface area (Å²) in [5.74, 6) is 0.0328. The fourth-order valence-electron chi connectivity index (χ4n) is 2.74. The largest absolute Gasteiger partial charge is 0.339 e. The van der Waals surface area contributed by atoms with Crippen LogP contribution in [0.2, 0.25) is 0 Å². The van der Waals surface area contributed by atoms with Crippen molar-refractivity contribution in [1.82, 2.24) is 14.8 Å². The van der Waals surface area contributed by atoms with Crippen molar-refractivity contribution in [2.75, 3.05) is 19.6 Å². The first-order valence-electron chi connectivity index (χ1n) is 7.16. The average molecular weight is 315 g/mol. The van der Waals surface area contributed by atoms with Crippen LogP contribution in [0.3, 0.4) is 0 Å². The van der Waals surface area contributed by atoms with Crippen molar-refractivity contribution in [3.8, 4) is 0 Å². The monoisotopic (exact) mass is 315 g/mol. The Labute approximate surface area is 133 Å². The van der Waals surface area contributed by atoms with Crippen LogP contribution in [0.25, 0.3) is 0 Å². The molecule has 0 spiro atoms. The lowest BCUT2D eigenvalue weighted by molar-refractivity contribution is -0.131. The number of piperazine rings is 1. The van der Waals surface area contributed by atoms with Crippen molar-refractivity contribution in [3.05, 3.63) is 52.5 Å². The first-order chi connectivity index (χ1) is 10.7. The molecule has 1 saturated heterocycles. The van der Waals surface area contributed by atoms with Crippen LogP contribution in [0.4, 0.5) is 0 Å². The van der Waals surface area contributed by atoms with Crippen LogP contribution in [0.1, 0.15) is 28.2 Å². The molecule has 114 valence electrons. The number of nitrogens with zero attached hydrogens (tertiary/aromatic N) is 3. The molecule has 1 aromatic heterocycles. The molecule has 2 amide bonds. The van der Waals surface area contributed by atoms with E-state index in [0.29, 0.717) is 24.5 Å². The number of aromatic nitrogens is 1. The van der Waals surface area contributed by atoms with Crippen LogP contribution in [-0.2, 0) is 4.79 Å². The van der Waals surface area contributed by atoms with Crippen molar-refractivity contribution in [3.63, 3.8) is 0 Å². The minimum absolute atomic E-state index is 0.0143. The van der Waals surface area contributed by atoms with E-state index in [1.807, 2.05) is 35.2 Å². The van der Waals surface area contributed by atoms with Gasteiger partial charge in [-0.05, 0) is 5.56 Å². The van der Waals surface area contributed by atoms with E-state index >= 15 is 0 Å². The summed E-state index contributed by atoms with van der Waals surface area (Å²) >= 11 is 1.35. The van der Waals surface area contributed by atoms with E-state index < -0.39 is 0 Å². The summed E-state index contributed by atoms with van der Waals surface area (Å²) in [7, 11) is 0. The van der Waals surface area contributed by atoms with Crippen molar-refractivity contribution in [2.45, 2.75) is 13.0 Å². The Morgan fingerprint density at radius 3 is 2.64 bits per heavy atom. The van der Waals surface area contributed by atoms with Crippen LogP contribution in [0.15, 0.2) is 42.0 Å². The highest BCUT2D eigenvalue weighted by Crippen LogP contribution is 2.27. The first kappa shape index (κ1) is 14.7. The van der Waals surface area contributed by atoms with Crippen LogP contribution in [-0.4, -0.2) is 46.2 Å². The lowest BCUT2D eigenvalue weighted by Crippen LogP contribution is -2.51. The van der Waals surface area contributed by atoms with E-state index in [9.17, 15) is 9.59 Å². The van der Waals surface area contributed by atoms with Crippen molar-refractivity contribution in [2.24, 2.45) is 0 Å². The normalized spacial score (nSPS) is 18.3. The summed E-state index contributed by atoms with van der Waals surface area (Å²) in [4.78, 5) is 32.7. The Balaban J connectivity index is 1.90. The first-order valence-corrected chi connectivity index (χ1v) is 8.04. The second-order valence-electron chi connectivity index (χ2n) is 5.26. The van der Waals surface area contributed by atoms with Gasteiger partial charge in [0, 0.05) is 26.6 Å². The minimum Gasteiger partial charge on any atom is -0.339 e. The third-order valence-corrected chi connectivity index (χ3v) is 4.68. The third-order valence-electron chi connectivity index (χ3n) is 3.91. The predicted molar refractivity (Wildman–Crippen MR) is 84.6 cm³/mol. The smallest absolute Gasteiger partial charge is 0.266 e. The maximum absolute atomic E-state index is 12.7. The molecule has 0 radical (unpaired) electrons. The van der Waals surface area contributed by atoms with Gasteiger partial charge in [-0.3, -0.25) is 14.6 Å². The Morgan fingerprint density at radius 1 is 1.23 bits per heavy atom. The number of carbonyl (C=O) groups is 2. The van der Waals surface area contributed by atoms with Crippen molar-refractivity contribution >= 4 is 23.2 Å². The molecule has 2 aromatic rings. The molecule has 0 N–H and O–H groups in total. The summed E-state index contributed by atoms with van der Waals surface area (Å²) in [6, 6.07) is 9.75. The molecule has 3 rings (SSSR count). The molecule has 1 aliphatic heterocycles. The van der Waals surface area contributed by atoms with E-state index in [-0.39, 0.29) is 17.9 Å². The maximum Gasteiger partial charge on any atom is 0.266 e. The molecule has 6 heteroatoms. The van der Waals surface area contributed by atoms with Gasteiger partial charge in [-0.25, -0.2) is 0 Å². The molecule has 5 nitrogen and oxygen atoms in total. The standard InChI is InChI=1S/C16H17N3O2S/c1-12(20)18-7-8-19(16(21)15-9-17-11-22-15)14(10-18)13-5-3-2-4-6-13/h2-6,9,11,14H,7-8,10H2,1H3. The number of thiazole rings is 1. The second kappa shape index (κ2) is 6.27. The van der Waals surface area contributed by atoms with Crippen LogP contribution < -0.4 is 0 Å². The van der Waals surface area contributed by atoms with Gasteiger partial charge in [0.1, 0.15) is 4.88 Å². The highest BCUT2D eigenvalue weighted by Gasteiger charge is 2.33. The lowest BCUT2D eigenvalue weighted by Gasteiger charge is -2.41. The summed E-state index contributed by atoms with van der Waals surface area (Å²) in [5.41, 5.74) is 2.71. The summed E-state index contributed by atoms with van der Waals surface area (Å²) < 4.78 is 0. The van der Waals surface area contributed by atoms with Gasteiger partial charge in [0.2, 0.25) is 5.91 Å². The van der Waals surface area contributed by atoms with Gasteiger partial charge in [-0.1, -0.05) is 30.3 Å². The highest BCUT2D eigenvalue weighted by molar-refractivity contribution is 7.11. The molecule has 1 atom stereocenters. The summed E-state index contributed by atoms with van der Waals surface area (Å²) in [5, 5.41) is 0. The third kappa shape index (κ3) is 2.87. The van der Waals surface area contributed by atoms with E-state index in [2.05, 4.69) is 4.98 Å². The zero-order valence-corrected chi connectivity index (χ0v) is 13.1. The van der Waals surface area contributed by atoms with Crippen LogP contribution in [0, 0.1) is 0 Å². The number of rotatable bonds is 2. The maximum atomic E-state index is 12.7. The molecule has 1 aliphatic rings. The van der Waals surface area contributed by atoms with Gasteiger partial charge in [0.15, 0.2) is 0 Å². The zero-order valence-electron chi connectivity index (χ0n) is 12.3. The van der Waals surface area contributed by atoms with Gasteiger partial charge in [0.05, 0.1) is 17.7 Å². The highest BCUT2D eigenvalue weighted by atomic mass is 32.1. The number of hydrogen-bond donors (Lipinski definition) is 0. The van der Waals surface area contributed by atoms with Crippen LogP contribution >= 0.6 is 11.3 Å².